The third-order valence-corrected chi connectivity index (χ3v) is 3.66. The fraction of sp³-hybridized carbons (Fsp3) is 0.118. The number of nitrogens with zero attached hydrogens (tertiary/aromatic N) is 1. The topological polar surface area (TPSA) is 50.9 Å². The smallest absolute Gasteiger partial charge is 0.0727 e. The molecule has 0 amide bonds. The number of nitrogens with one attached hydrogen (secondary N) is 1. The molecule has 1 aromatic heterocycles. The minimum atomic E-state index is -0.0479. The van der Waals surface area contributed by atoms with Crippen molar-refractivity contribution in [3.05, 3.63) is 77.6 Å². The van der Waals surface area contributed by atoms with E-state index in [0.29, 0.717) is 0 Å². The van der Waals surface area contributed by atoms with Crippen molar-refractivity contribution in [1.29, 1.82) is 0 Å². The highest BCUT2D eigenvalue weighted by molar-refractivity contribution is 5.83. The van der Waals surface area contributed by atoms with E-state index < -0.39 is 0 Å². The summed E-state index contributed by atoms with van der Waals surface area (Å²) in [5.74, 6) is 5.77. The predicted molar refractivity (Wildman–Crippen MR) is 82.1 cm³/mol. The van der Waals surface area contributed by atoms with Gasteiger partial charge in [0.1, 0.15) is 0 Å². The first kappa shape index (κ1) is 12.8. The molecule has 3 rings (SSSR count). The van der Waals surface area contributed by atoms with Crippen molar-refractivity contribution in [2.24, 2.45) is 5.84 Å². The molecule has 3 nitrogen and oxygen atoms in total. The average Bonchev–Trinajstić information content (AvgIpc) is 2.50. The normalized spacial score (nSPS) is 12.5. The van der Waals surface area contributed by atoms with Gasteiger partial charge in [-0.25, -0.2) is 5.43 Å². The number of fused-ring (bicyclic) bond motifs is 1. The number of hydrogen-bond donors (Lipinski definition) is 2. The number of aromatic nitrogens is 1. The highest BCUT2D eigenvalue weighted by atomic mass is 15.2. The minimum Gasteiger partial charge on any atom is -0.271 e. The van der Waals surface area contributed by atoms with Gasteiger partial charge < -0.3 is 0 Å². The number of pyridine rings is 1. The molecule has 3 heteroatoms. The van der Waals surface area contributed by atoms with Gasteiger partial charge in [-0.05, 0) is 46.5 Å². The summed E-state index contributed by atoms with van der Waals surface area (Å²) in [7, 11) is 0. The second-order valence-electron chi connectivity index (χ2n) is 4.94. The van der Waals surface area contributed by atoms with E-state index >= 15 is 0 Å². The monoisotopic (exact) mass is 263 g/mol. The number of nitrogens with two attached hydrogens (primary N) is 1. The summed E-state index contributed by atoms with van der Waals surface area (Å²) in [5.41, 5.74) is 6.32. The van der Waals surface area contributed by atoms with Gasteiger partial charge in [-0.15, -0.1) is 0 Å². The van der Waals surface area contributed by atoms with Crippen molar-refractivity contribution < 1.29 is 0 Å². The molecule has 1 atom stereocenters. The molecule has 3 aromatic rings. The van der Waals surface area contributed by atoms with E-state index in [1.54, 1.807) is 6.20 Å². The first-order valence-electron chi connectivity index (χ1n) is 6.65. The van der Waals surface area contributed by atoms with Crippen molar-refractivity contribution in [2.75, 3.05) is 0 Å². The van der Waals surface area contributed by atoms with Crippen LogP contribution in [0.5, 0.6) is 0 Å². The van der Waals surface area contributed by atoms with Crippen LogP contribution in [-0.4, -0.2) is 4.98 Å². The van der Waals surface area contributed by atoms with E-state index in [9.17, 15) is 0 Å². The van der Waals surface area contributed by atoms with E-state index in [1.165, 1.54) is 16.3 Å². The van der Waals surface area contributed by atoms with E-state index in [2.05, 4.69) is 47.7 Å². The summed E-state index contributed by atoms with van der Waals surface area (Å²) in [6.07, 6.45) is 3.67. The third-order valence-electron chi connectivity index (χ3n) is 3.66. The molecule has 0 aliphatic carbocycles. The number of benzene rings is 2. The number of aryl methyl sites for hydroxylation is 1. The quantitative estimate of drug-likeness (QED) is 0.564. The third kappa shape index (κ3) is 2.29. The lowest BCUT2D eigenvalue weighted by Gasteiger charge is -2.19. The highest BCUT2D eigenvalue weighted by Crippen LogP contribution is 2.26. The minimum absolute atomic E-state index is 0.0479. The van der Waals surface area contributed by atoms with Crippen molar-refractivity contribution in [1.82, 2.24) is 10.4 Å². The largest absolute Gasteiger partial charge is 0.271 e. The molecule has 1 unspecified atom stereocenters. The van der Waals surface area contributed by atoms with Gasteiger partial charge in [0, 0.05) is 12.4 Å². The number of hydrogen-bond acceptors (Lipinski definition) is 3. The summed E-state index contributed by atoms with van der Waals surface area (Å²) in [6, 6.07) is 16.7. The zero-order chi connectivity index (χ0) is 13.9. The first-order chi connectivity index (χ1) is 9.79. The van der Waals surface area contributed by atoms with Gasteiger partial charge in [-0.2, -0.15) is 0 Å². The molecule has 0 spiro atoms. The van der Waals surface area contributed by atoms with Gasteiger partial charge in [0.15, 0.2) is 0 Å². The van der Waals surface area contributed by atoms with Crippen molar-refractivity contribution in [3.63, 3.8) is 0 Å². The summed E-state index contributed by atoms with van der Waals surface area (Å²) in [6.45, 7) is 2.07. The van der Waals surface area contributed by atoms with Gasteiger partial charge in [0.2, 0.25) is 0 Å². The Kier molecular flexibility index (Phi) is 3.46. The van der Waals surface area contributed by atoms with Gasteiger partial charge in [0.05, 0.1) is 6.04 Å². The van der Waals surface area contributed by atoms with Crippen LogP contribution in [-0.2, 0) is 0 Å². The summed E-state index contributed by atoms with van der Waals surface area (Å²) >= 11 is 0. The van der Waals surface area contributed by atoms with Crippen LogP contribution in [0.4, 0.5) is 0 Å². The fourth-order valence-electron chi connectivity index (χ4n) is 2.53. The zero-order valence-electron chi connectivity index (χ0n) is 11.4. The molecular formula is C17H17N3. The van der Waals surface area contributed by atoms with E-state index in [-0.39, 0.29) is 6.04 Å². The van der Waals surface area contributed by atoms with Crippen molar-refractivity contribution >= 4 is 10.8 Å². The first-order valence-corrected chi connectivity index (χ1v) is 6.65. The molecule has 1 heterocycles. The maximum absolute atomic E-state index is 5.77. The van der Waals surface area contributed by atoms with E-state index in [0.717, 1.165) is 11.1 Å². The van der Waals surface area contributed by atoms with Gasteiger partial charge >= 0.3 is 0 Å². The lowest BCUT2D eigenvalue weighted by molar-refractivity contribution is 0.632. The van der Waals surface area contributed by atoms with Crippen LogP contribution in [0, 0.1) is 6.92 Å². The summed E-state index contributed by atoms with van der Waals surface area (Å²) in [5, 5.41) is 2.45. The van der Waals surface area contributed by atoms with Crippen LogP contribution in [0.3, 0.4) is 0 Å². The Morgan fingerprint density at radius 2 is 1.85 bits per heavy atom. The molecule has 2 aromatic carbocycles. The molecule has 0 saturated heterocycles. The Bertz CT molecular complexity index is 737. The molecule has 0 radical (unpaired) electrons. The molecule has 0 aliphatic rings. The standard InChI is InChI=1S/C17H17N3/c1-12-8-9-19-11-16(12)17(20-18)15-7-6-13-4-2-3-5-14(13)10-15/h2-11,17,20H,18H2,1H3. The molecule has 0 bridgehead atoms. The SMILES string of the molecule is Cc1ccncc1C(NN)c1ccc2ccccc2c1. The van der Waals surface area contributed by atoms with Crippen LogP contribution < -0.4 is 11.3 Å². The van der Waals surface area contributed by atoms with Crippen LogP contribution in [0.1, 0.15) is 22.7 Å². The highest BCUT2D eigenvalue weighted by Gasteiger charge is 2.15. The number of rotatable bonds is 3. The lowest BCUT2D eigenvalue weighted by Crippen LogP contribution is -2.29. The molecular weight excluding hydrogens is 246 g/mol. The molecule has 0 fully saturated rings. The Morgan fingerprint density at radius 1 is 1.05 bits per heavy atom. The second kappa shape index (κ2) is 5.41. The number of hydrazine groups is 1. The Morgan fingerprint density at radius 3 is 2.60 bits per heavy atom. The van der Waals surface area contributed by atoms with Gasteiger partial charge in [-0.3, -0.25) is 10.8 Å². The Balaban J connectivity index is 2.10. The van der Waals surface area contributed by atoms with E-state index in [4.69, 9.17) is 5.84 Å². The summed E-state index contributed by atoms with van der Waals surface area (Å²) < 4.78 is 0. The zero-order valence-corrected chi connectivity index (χ0v) is 11.4. The molecule has 0 saturated carbocycles. The molecule has 0 aliphatic heterocycles. The molecule has 20 heavy (non-hydrogen) atoms. The van der Waals surface area contributed by atoms with Gasteiger partial charge in [0.25, 0.3) is 0 Å². The van der Waals surface area contributed by atoms with Gasteiger partial charge in [-0.1, -0.05) is 36.4 Å². The van der Waals surface area contributed by atoms with Crippen LogP contribution in [0.15, 0.2) is 60.9 Å². The van der Waals surface area contributed by atoms with Crippen LogP contribution in [0.25, 0.3) is 10.8 Å². The van der Waals surface area contributed by atoms with E-state index in [1.807, 2.05) is 24.4 Å². The second-order valence-corrected chi connectivity index (χ2v) is 4.94. The summed E-state index contributed by atoms with van der Waals surface area (Å²) in [4.78, 5) is 4.21. The maximum atomic E-state index is 5.77. The molecule has 100 valence electrons. The fourth-order valence-corrected chi connectivity index (χ4v) is 2.53. The Labute approximate surface area is 118 Å². The lowest BCUT2D eigenvalue weighted by atomic mass is 9.95. The molecule has 3 N–H and O–H groups in total. The average molecular weight is 263 g/mol. The van der Waals surface area contributed by atoms with Crippen molar-refractivity contribution in [3.8, 4) is 0 Å². The van der Waals surface area contributed by atoms with Crippen molar-refractivity contribution in [2.45, 2.75) is 13.0 Å². The van der Waals surface area contributed by atoms with Crippen LogP contribution >= 0.6 is 0 Å². The maximum Gasteiger partial charge on any atom is 0.0727 e. The van der Waals surface area contributed by atoms with Crippen LogP contribution in [0.2, 0.25) is 0 Å². The predicted octanol–water partition coefficient (Wildman–Crippen LogP) is 3.10. The Hall–Kier alpha value is -2.23.